The molecule has 7 heteroatoms. The van der Waals surface area contributed by atoms with Gasteiger partial charge in [0.2, 0.25) is 0 Å². The van der Waals surface area contributed by atoms with E-state index in [9.17, 15) is 14.7 Å². The van der Waals surface area contributed by atoms with E-state index in [1.807, 2.05) is 13.8 Å². The van der Waals surface area contributed by atoms with Crippen LogP contribution in [0, 0.1) is 13.8 Å². The van der Waals surface area contributed by atoms with Crippen molar-refractivity contribution in [2.75, 3.05) is 26.2 Å². The summed E-state index contributed by atoms with van der Waals surface area (Å²) in [6.07, 6.45) is 6.39. The van der Waals surface area contributed by atoms with E-state index >= 15 is 0 Å². The van der Waals surface area contributed by atoms with Crippen molar-refractivity contribution >= 4 is 11.8 Å². The van der Waals surface area contributed by atoms with E-state index in [0.717, 1.165) is 11.1 Å². The topological polar surface area (TPSA) is 86.6 Å². The molecule has 1 fully saturated rings. The van der Waals surface area contributed by atoms with E-state index < -0.39 is 6.04 Å². The fourth-order valence-corrected chi connectivity index (χ4v) is 3.16. The molecule has 0 bridgehead atoms. The molecule has 1 saturated heterocycles. The summed E-state index contributed by atoms with van der Waals surface area (Å²) >= 11 is 0. The third-order valence-corrected chi connectivity index (χ3v) is 4.78. The molecule has 0 spiro atoms. The Bertz CT molecular complexity index is 824. The number of amides is 2. The van der Waals surface area contributed by atoms with Gasteiger partial charge in [-0.3, -0.25) is 19.6 Å². The first-order chi connectivity index (χ1) is 12.5. The molecule has 1 aliphatic heterocycles. The molecule has 0 aliphatic carbocycles. The Morgan fingerprint density at radius 3 is 2.15 bits per heavy atom. The van der Waals surface area contributed by atoms with Crippen molar-refractivity contribution in [2.24, 2.45) is 0 Å². The number of aliphatic hydroxyl groups is 1. The first kappa shape index (κ1) is 18.0. The standard InChI is InChI=1S/C19H22N4O3/c1-13-3-5-20-9-16(13)18(25)22-7-8-23(15(11-22)12-24)19(26)17-10-21-6-4-14(17)2/h3-6,9-10,15,24H,7-8,11-12H2,1-2H3. The zero-order valence-electron chi connectivity index (χ0n) is 14.9. The van der Waals surface area contributed by atoms with Gasteiger partial charge in [-0.05, 0) is 37.1 Å². The minimum atomic E-state index is -0.447. The lowest BCUT2D eigenvalue weighted by Gasteiger charge is -2.41. The van der Waals surface area contributed by atoms with Crippen LogP contribution in [0.5, 0.6) is 0 Å². The molecular weight excluding hydrogens is 332 g/mol. The highest BCUT2D eigenvalue weighted by Crippen LogP contribution is 2.18. The van der Waals surface area contributed by atoms with E-state index in [-0.39, 0.29) is 25.0 Å². The van der Waals surface area contributed by atoms with E-state index in [1.165, 1.54) is 0 Å². The molecule has 2 amide bonds. The van der Waals surface area contributed by atoms with Gasteiger partial charge in [-0.2, -0.15) is 0 Å². The van der Waals surface area contributed by atoms with Crippen LogP contribution in [0.1, 0.15) is 31.8 Å². The van der Waals surface area contributed by atoms with Gasteiger partial charge >= 0.3 is 0 Å². The lowest BCUT2D eigenvalue weighted by Crippen LogP contribution is -2.58. The maximum atomic E-state index is 12.9. The molecule has 1 unspecified atom stereocenters. The van der Waals surface area contributed by atoms with Gasteiger partial charge in [0.05, 0.1) is 23.8 Å². The molecule has 2 aromatic heterocycles. The predicted molar refractivity (Wildman–Crippen MR) is 95.8 cm³/mol. The SMILES string of the molecule is Cc1ccncc1C(=O)N1CCN(C(=O)c2cnccc2C)C(CO)C1. The summed E-state index contributed by atoms with van der Waals surface area (Å²) in [6, 6.07) is 3.13. The van der Waals surface area contributed by atoms with Gasteiger partial charge < -0.3 is 14.9 Å². The van der Waals surface area contributed by atoms with Crippen molar-refractivity contribution in [1.82, 2.24) is 19.8 Å². The van der Waals surface area contributed by atoms with Crippen LogP contribution in [-0.4, -0.2) is 69.0 Å². The summed E-state index contributed by atoms with van der Waals surface area (Å²) < 4.78 is 0. The summed E-state index contributed by atoms with van der Waals surface area (Å²) in [4.78, 5) is 37.0. The fraction of sp³-hybridized carbons (Fsp3) is 0.368. The Kier molecular flexibility index (Phi) is 5.27. The average molecular weight is 354 g/mol. The summed E-state index contributed by atoms with van der Waals surface area (Å²) in [7, 11) is 0. The van der Waals surface area contributed by atoms with Crippen LogP contribution in [0.3, 0.4) is 0 Å². The molecule has 3 rings (SSSR count). The Morgan fingerprint density at radius 2 is 1.62 bits per heavy atom. The number of piperazine rings is 1. The Morgan fingerprint density at radius 1 is 1.04 bits per heavy atom. The molecule has 1 N–H and O–H groups in total. The molecule has 0 saturated carbocycles. The van der Waals surface area contributed by atoms with E-state index in [4.69, 9.17) is 0 Å². The van der Waals surface area contributed by atoms with Crippen LogP contribution >= 0.6 is 0 Å². The second-order valence-electron chi connectivity index (χ2n) is 6.47. The van der Waals surface area contributed by atoms with Crippen LogP contribution in [0.25, 0.3) is 0 Å². The molecular formula is C19H22N4O3. The van der Waals surface area contributed by atoms with Crippen molar-refractivity contribution < 1.29 is 14.7 Å². The number of carbonyl (C=O) groups is 2. The van der Waals surface area contributed by atoms with Crippen LogP contribution in [0.2, 0.25) is 0 Å². The van der Waals surface area contributed by atoms with E-state index in [1.54, 1.807) is 46.7 Å². The lowest BCUT2D eigenvalue weighted by atomic mass is 10.1. The first-order valence-electron chi connectivity index (χ1n) is 8.55. The molecule has 136 valence electrons. The largest absolute Gasteiger partial charge is 0.394 e. The van der Waals surface area contributed by atoms with Gasteiger partial charge in [-0.25, -0.2) is 0 Å². The maximum Gasteiger partial charge on any atom is 0.256 e. The number of carbonyl (C=O) groups excluding carboxylic acids is 2. The average Bonchev–Trinajstić information content (AvgIpc) is 2.67. The number of hydrogen-bond acceptors (Lipinski definition) is 5. The highest BCUT2D eigenvalue weighted by atomic mass is 16.3. The highest BCUT2D eigenvalue weighted by Gasteiger charge is 2.33. The van der Waals surface area contributed by atoms with Crippen LogP contribution in [-0.2, 0) is 0 Å². The highest BCUT2D eigenvalue weighted by molar-refractivity contribution is 5.97. The molecule has 26 heavy (non-hydrogen) atoms. The number of hydrogen-bond donors (Lipinski definition) is 1. The number of aliphatic hydroxyl groups excluding tert-OH is 1. The zero-order chi connectivity index (χ0) is 18.7. The predicted octanol–water partition coefficient (Wildman–Crippen LogP) is 1.05. The Balaban J connectivity index is 1.77. The second kappa shape index (κ2) is 7.61. The van der Waals surface area contributed by atoms with Crippen molar-refractivity contribution in [1.29, 1.82) is 0 Å². The molecule has 2 aromatic rings. The number of rotatable bonds is 3. The van der Waals surface area contributed by atoms with Gasteiger partial charge in [0.1, 0.15) is 0 Å². The smallest absolute Gasteiger partial charge is 0.256 e. The maximum absolute atomic E-state index is 12.9. The number of nitrogens with zero attached hydrogens (tertiary/aromatic N) is 4. The zero-order valence-corrected chi connectivity index (χ0v) is 14.9. The third-order valence-electron chi connectivity index (χ3n) is 4.78. The Hall–Kier alpha value is -2.80. The summed E-state index contributed by atoms with van der Waals surface area (Å²) in [6.45, 7) is 4.57. The van der Waals surface area contributed by atoms with E-state index in [2.05, 4.69) is 9.97 Å². The first-order valence-corrected chi connectivity index (χ1v) is 8.55. The summed E-state index contributed by atoms with van der Waals surface area (Å²) in [5, 5.41) is 9.79. The summed E-state index contributed by atoms with van der Waals surface area (Å²) in [5.41, 5.74) is 2.77. The number of aromatic nitrogens is 2. The Labute approximate surface area is 152 Å². The molecule has 3 heterocycles. The third kappa shape index (κ3) is 3.43. The van der Waals surface area contributed by atoms with Gasteiger partial charge in [-0.1, -0.05) is 0 Å². The van der Waals surface area contributed by atoms with Gasteiger partial charge in [0, 0.05) is 44.4 Å². The monoisotopic (exact) mass is 354 g/mol. The molecule has 7 nitrogen and oxygen atoms in total. The number of pyridine rings is 2. The van der Waals surface area contributed by atoms with Crippen molar-refractivity contribution in [3.8, 4) is 0 Å². The fourth-order valence-electron chi connectivity index (χ4n) is 3.16. The van der Waals surface area contributed by atoms with Crippen LogP contribution in [0.4, 0.5) is 0 Å². The quantitative estimate of drug-likeness (QED) is 0.890. The second-order valence-corrected chi connectivity index (χ2v) is 6.47. The van der Waals surface area contributed by atoms with Gasteiger partial charge in [0.25, 0.3) is 11.8 Å². The minimum absolute atomic E-state index is 0.126. The summed E-state index contributed by atoms with van der Waals surface area (Å²) in [5.74, 6) is -0.294. The van der Waals surface area contributed by atoms with Crippen LogP contribution < -0.4 is 0 Å². The molecule has 1 atom stereocenters. The lowest BCUT2D eigenvalue weighted by molar-refractivity contribution is 0.0267. The minimum Gasteiger partial charge on any atom is -0.394 e. The normalized spacial score (nSPS) is 17.3. The van der Waals surface area contributed by atoms with E-state index in [0.29, 0.717) is 24.2 Å². The van der Waals surface area contributed by atoms with Crippen LogP contribution in [0.15, 0.2) is 36.9 Å². The van der Waals surface area contributed by atoms with Gasteiger partial charge in [-0.15, -0.1) is 0 Å². The van der Waals surface area contributed by atoms with Gasteiger partial charge in [0.15, 0.2) is 0 Å². The molecule has 1 aliphatic rings. The van der Waals surface area contributed by atoms with Crippen molar-refractivity contribution in [3.63, 3.8) is 0 Å². The van der Waals surface area contributed by atoms with Crippen molar-refractivity contribution in [2.45, 2.75) is 19.9 Å². The molecule has 0 radical (unpaired) electrons. The van der Waals surface area contributed by atoms with Crippen molar-refractivity contribution in [3.05, 3.63) is 59.2 Å². The number of aryl methyl sites for hydroxylation is 2. The molecule has 0 aromatic carbocycles.